The van der Waals surface area contributed by atoms with Gasteiger partial charge in [-0.2, -0.15) is 17.5 Å². The Balaban J connectivity index is 1.91. The minimum atomic E-state index is -4.85. The highest BCUT2D eigenvalue weighted by Gasteiger charge is 2.35. The fraction of sp³-hybridized carbons (Fsp3) is 0.429. The van der Waals surface area contributed by atoms with E-state index in [1.165, 1.54) is 12.1 Å². The van der Waals surface area contributed by atoms with Crippen LogP contribution in [0, 0.1) is 0 Å². The monoisotopic (exact) mass is 469 g/mol. The van der Waals surface area contributed by atoms with Crippen molar-refractivity contribution in [3.8, 4) is 5.69 Å². The number of hydrogen-bond donors (Lipinski definition) is 0. The molecule has 0 N–H and O–H groups in total. The Kier molecular flexibility index (Phi) is 7.17. The molecular formula is C21H22F3N3O4S. The number of nitrogens with zero attached hydrogens (tertiary/aromatic N) is 3. The fourth-order valence-corrected chi connectivity index (χ4v) is 4.03. The number of carbonyl (C=O) groups excluding carboxylic acids is 1. The van der Waals surface area contributed by atoms with E-state index in [1.807, 2.05) is 0 Å². The molecule has 0 radical (unpaired) electrons. The summed E-state index contributed by atoms with van der Waals surface area (Å²) in [7, 11) is 0.940. The lowest BCUT2D eigenvalue weighted by atomic mass is 10.2. The van der Waals surface area contributed by atoms with Crippen molar-refractivity contribution in [2.75, 3.05) is 6.61 Å². The number of aromatic nitrogens is 3. The molecule has 0 amide bonds. The van der Waals surface area contributed by atoms with Gasteiger partial charge < -0.3 is 4.74 Å². The Labute approximate surface area is 185 Å². The van der Waals surface area contributed by atoms with Crippen molar-refractivity contribution in [1.29, 1.82) is 0 Å². The number of halogens is 3. The van der Waals surface area contributed by atoms with Crippen LogP contribution in [0.3, 0.4) is 0 Å². The van der Waals surface area contributed by atoms with Crippen LogP contribution in [-0.2, 0) is 18.0 Å². The van der Waals surface area contributed by atoms with Gasteiger partial charge in [0.15, 0.2) is 5.69 Å². The lowest BCUT2D eigenvalue weighted by Gasteiger charge is -2.14. The zero-order valence-corrected chi connectivity index (χ0v) is 18.4. The first-order chi connectivity index (χ1) is 15.1. The summed E-state index contributed by atoms with van der Waals surface area (Å²) in [5.41, 5.74) is -3.55. The molecule has 3 rings (SSSR count). The smallest absolute Gasteiger partial charge is 0.431 e. The molecule has 0 aliphatic heterocycles. The van der Waals surface area contributed by atoms with Gasteiger partial charge >= 0.3 is 17.8 Å². The second-order valence-electron chi connectivity index (χ2n) is 7.30. The van der Waals surface area contributed by atoms with Crippen molar-refractivity contribution in [3.05, 3.63) is 56.5 Å². The van der Waals surface area contributed by atoms with E-state index in [0.717, 1.165) is 50.7 Å². The van der Waals surface area contributed by atoms with E-state index in [9.17, 15) is 27.6 Å². The van der Waals surface area contributed by atoms with Crippen LogP contribution in [0.15, 0.2) is 33.9 Å². The van der Waals surface area contributed by atoms with Gasteiger partial charge in [-0.3, -0.25) is 9.36 Å². The third-order valence-electron chi connectivity index (χ3n) is 5.00. The molecule has 0 unspecified atom stereocenters. The van der Waals surface area contributed by atoms with Crippen LogP contribution >= 0.6 is 11.5 Å². The number of benzene rings is 1. The first-order valence-electron chi connectivity index (χ1n) is 10.1. The molecular weight excluding hydrogens is 447 g/mol. The van der Waals surface area contributed by atoms with Crippen LogP contribution in [0.2, 0.25) is 0 Å². The molecule has 11 heteroatoms. The number of alkyl halides is 3. The quantitative estimate of drug-likeness (QED) is 0.363. The largest absolute Gasteiger partial charge is 0.461 e. The van der Waals surface area contributed by atoms with E-state index in [-0.39, 0.29) is 18.0 Å². The van der Waals surface area contributed by atoms with E-state index >= 15 is 0 Å². The van der Waals surface area contributed by atoms with Crippen molar-refractivity contribution >= 4 is 27.6 Å². The summed E-state index contributed by atoms with van der Waals surface area (Å²) in [6.45, 7) is 2.36. The maximum absolute atomic E-state index is 13.1. The highest BCUT2D eigenvalue weighted by atomic mass is 32.1. The van der Waals surface area contributed by atoms with E-state index in [4.69, 9.17) is 4.74 Å². The summed E-state index contributed by atoms with van der Waals surface area (Å²) in [4.78, 5) is 37.3. The molecule has 172 valence electrons. The molecule has 0 aliphatic rings. The Morgan fingerprint density at radius 1 is 1.12 bits per heavy atom. The van der Waals surface area contributed by atoms with Crippen molar-refractivity contribution in [3.63, 3.8) is 0 Å². The van der Waals surface area contributed by atoms with E-state index in [1.54, 1.807) is 6.07 Å². The number of ether oxygens (including phenoxy) is 1. The average Bonchev–Trinajstić information content (AvgIpc) is 3.16. The number of hydrogen-bond acceptors (Lipinski definition) is 6. The molecule has 0 bridgehead atoms. The topological polar surface area (TPSA) is 83.2 Å². The van der Waals surface area contributed by atoms with Crippen molar-refractivity contribution in [2.45, 2.75) is 45.2 Å². The predicted molar refractivity (Wildman–Crippen MR) is 115 cm³/mol. The second kappa shape index (κ2) is 9.68. The molecule has 0 fully saturated rings. The van der Waals surface area contributed by atoms with Crippen LogP contribution in [0.5, 0.6) is 0 Å². The third kappa shape index (κ3) is 4.93. The number of esters is 1. The minimum Gasteiger partial charge on any atom is -0.461 e. The standard InChI is InChI=1S/C21H22F3N3O4S/c1-3-4-5-6-7-10-31-19(29)18-14-11-13(8-9-15(14)32-25-18)27-17(28)12-16(21(22,23)24)26(2)20(27)30/h8-9,11-12H,3-7,10H2,1-2H3. The predicted octanol–water partition coefficient (Wildman–Crippen LogP) is 4.29. The lowest BCUT2D eigenvalue weighted by Crippen LogP contribution is -2.40. The van der Waals surface area contributed by atoms with Gasteiger partial charge in [-0.25, -0.2) is 14.2 Å². The molecule has 0 spiro atoms. The SMILES string of the molecule is CCCCCCCOC(=O)c1nsc2ccc(-n3c(=O)cc(C(F)(F)F)n(C)c3=O)cc12. The molecule has 3 aromatic rings. The highest BCUT2D eigenvalue weighted by Crippen LogP contribution is 2.28. The molecule has 2 aromatic heterocycles. The Hall–Kier alpha value is -2.95. The van der Waals surface area contributed by atoms with Crippen LogP contribution in [0.1, 0.15) is 55.2 Å². The molecule has 0 atom stereocenters. The average molecular weight is 469 g/mol. The Morgan fingerprint density at radius 3 is 2.53 bits per heavy atom. The second-order valence-corrected chi connectivity index (χ2v) is 8.11. The van der Waals surface area contributed by atoms with Crippen LogP contribution < -0.4 is 11.2 Å². The molecule has 32 heavy (non-hydrogen) atoms. The van der Waals surface area contributed by atoms with E-state index in [0.29, 0.717) is 25.3 Å². The van der Waals surface area contributed by atoms with Gasteiger partial charge in [-0.05, 0) is 36.2 Å². The zero-order chi connectivity index (χ0) is 23.5. The van der Waals surface area contributed by atoms with Gasteiger partial charge in [0, 0.05) is 18.5 Å². The van der Waals surface area contributed by atoms with Crippen molar-refractivity contribution in [1.82, 2.24) is 13.5 Å². The van der Waals surface area contributed by atoms with Crippen LogP contribution in [0.4, 0.5) is 13.2 Å². The van der Waals surface area contributed by atoms with Gasteiger partial charge in [-0.15, -0.1) is 0 Å². The number of rotatable bonds is 8. The Bertz CT molecular complexity index is 1240. The molecule has 0 aliphatic carbocycles. The third-order valence-corrected chi connectivity index (χ3v) is 5.82. The number of fused-ring (bicyclic) bond motifs is 1. The zero-order valence-electron chi connectivity index (χ0n) is 17.6. The van der Waals surface area contributed by atoms with Crippen molar-refractivity contribution < 1.29 is 22.7 Å². The summed E-state index contributed by atoms with van der Waals surface area (Å²) in [5.74, 6) is -0.628. The number of unbranched alkanes of at least 4 members (excludes halogenated alkanes) is 4. The van der Waals surface area contributed by atoms with Crippen LogP contribution in [0.25, 0.3) is 15.8 Å². The van der Waals surface area contributed by atoms with Gasteiger partial charge in [0.25, 0.3) is 5.56 Å². The Morgan fingerprint density at radius 2 is 1.84 bits per heavy atom. The molecule has 0 saturated carbocycles. The molecule has 0 saturated heterocycles. The summed E-state index contributed by atoms with van der Waals surface area (Å²) >= 11 is 1.04. The molecule has 1 aromatic carbocycles. The maximum Gasteiger partial charge on any atom is 0.431 e. The molecule has 7 nitrogen and oxygen atoms in total. The lowest BCUT2D eigenvalue weighted by molar-refractivity contribution is -0.144. The van der Waals surface area contributed by atoms with Gasteiger partial charge in [0.2, 0.25) is 0 Å². The first kappa shape index (κ1) is 23.7. The summed E-state index contributed by atoms with van der Waals surface area (Å²) in [6.07, 6.45) is 0.127. The molecule has 2 heterocycles. The number of carbonyl (C=O) groups is 1. The van der Waals surface area contributed by atoms with E-state index in [2.05, 4.69) is 11.3 Å². The van der Waals surface area contributed by atoms with Gasteiger partial charge in [-0.1, -0.05) is 32.6 Å². The minimum absolute atomic E-state index is 0.0330. The van der Waals surface area contributed by atoms with Crippen molar-refractivity contribution in [2.24, 2.45) is 7.05 Å². The van der Waals surface area contributed by atoms with Gasteiger partial charge in [0.1, 0.15) is 5.69 Å². The fourth-order valence-electron chi connectivity index (χ4n) is 3.29. The van der Waals surface area contributed by atoms with Crippen LogP contribution in [-0.4, -0.2) is 26.1 Å². The maximum atomic E-state index is 13.1. The highest BCUT2D eigenvalue weighted by molar-refractivity contribution is 7.13. The normalized spacial score (nSPS) is 11.8. The van der Waals surface area contributed by atoms with Gasteiger partial charge in [0.05, 0.1) is 17.0 Å². The summed E-state index contributed by atoms with van der Waals surface area (Å²) < 4.78 is 50.2. The summed E-state index contributed by atoms with van der Waals surface area (Å²) in [6, 6.07) is 4.71. The first-order valence-corrected chi connectivity index (χ1v) is 10.9. The van der Waals surface area contributed by atoms with E-state index < -0.39 is 29.1 Å². The summed E-state index contributed by atoms with van der Waals surface area (Å²) in [5, 5.41) is 0.359.